The number of anilines is 1. The van der Waals surface area contributed by atoms with E-state index in [0.717, 1.165) is 5.69 Å². The first-order chi connectivity index (χ1) is 11.5. The minimum Gasteiger partial charge on any atom is -0.496 e. The van der Waals surface area contributed by atoms with E-state index in [2.05, 4.69) is 10.6 Å². The Morgan fingerprint density at radius 1 is 1.21 bits per heavy atom. The van der Waals surface area contributed by atoms with E-state index in [0.29, 0.717) is 17.9 Å². The second-order valence-electron chi connectivity index (χ2n) is 5.26. The summed E-state index contributed by atoms with van der Waals surface area (Å²) in [6.45, 7) is 2.35. The van der Waals surface area contributed by atoms with Crippen molar-refractivity contribution in [2.45, 2.75) is 13.0 Å². The van der Waals surface area contributed by atoms with Gasteiger partial charge in [-0.25, -0.2) is 0 Å². The van der Waals surface area contributed by atoms with E-state index in [1.54, 1.807) is 36.4 Å². The van der Waals surface area contributed by atoms with Gasteiger partial charge in [0.1, 0.15) is 5.75 Å². The Kier molecular flexibility index (Phi) is 5.73. The molecule has 2 aromatic rings. The summed E-state index contributed by atoms with van der Waals surface area (Å²) >= 11 is 0. The maximum absolute atomic E-state index is 12.3. The van der Waals surface area contributed by atoms with E-state index >= 15 is 0 Å². The van der Waals surface area contributed by atoms with Crippen LogP contribution in [0.2, 0.25) is 0 Å². The van der Waals surface area contributed by atoms with Crippen LogP contribution in [-0.4, -0.2) is 30.5 Å². The van der Waals surface area contributed by atoms with Gasteiger partial charge in [-0.2, -0.15) is 0 Å². The number of ether oxygens (including phenoxy) is 1. The number of nitrogens with one attached hydrogen (secondary N) is 2. The summed E-state index contributed by atoms with van der Waals surface area (Å²) in [5.74, 6) is 0.302. The van der Waals surface area contributed by atoms with Gasteiger partial charge in [-0.1, -0.05) is 12.1 Å². The number of methoxy groups -OCH3 is 1. The predicted molar refractivity (Wildman–Crippen MR) is 91.5 cm³/mol. The molecule has 0 saturated carbocycles. The highest BCUT2D eigenvalue weighted by Crippen LogP contribution is 2.17. The minimum absolute atomic E-state index is 0.0399. The normalized spacial score (nSPS) is 11.4. The van der Waals surface area contributed by atoms with Crippen LogP contribution in [0.15, 0.2) is 48.5 Å². The van der Waals surface area contributed by atoms with Gasteiger partial charge in [0.05, 0.1) is 17.6 Å². The molecule has 2 rings (SSSR count). The fourth-order valence-corrected chi connectivity index (χ4v) is 2.16. The lowest BCUT2D eigenvalue weighted by Crippen LogP contribution is -2.37. The van der Waals surface area contributed by atoms with Crippen molar-refractivity contribution in [3.05, 3.63) is 64.2 Å². The van der Waals surface area contributed by atoms with E-state index in [9.17, 15) is 14.9 Å². The minimum atomic E-state index is -0.445. The second kappa shape index (κ2) is 7.96. The number of nitrogens with zero attached hydrogens (tertiary/aromatic N) is 1. The van der Waals surface area contributed by atoms with Crippen LogP contribution in [0.25, 0.3) is 0 Å². The third-order valence-electron chi connectivity index (χ3n) is 3.42. The maximum Gasteiger partial charge on any atom is 0.269 e. The average molecular weight is 329 g/mol. The van der Waals surface area contributed by atoms with Gasteiger partial charge in [-0.05, 0) is 31.2 Å². The predicted octanol–water partition coefficient (Wildman–Crippen LogP) is 2.83. The second-order valence-corrected chi connectivity index (χ2v) is 5.26. The summed E-state index contributed by atoms with van der Waals surface area (Å²) < 4.78 is 5.18. The monoisotopic (exact) mass is 329 g/mol. The molecule has 0 bridgehead atoms. The van der Waals surface area contributed by atoms with Gasteiger partial charge in [0.15, 0.2) is 0 Å². The van der Waals surface area contributed by atoms with Crippen molar-refractivity contribution in [3.63, 3.8) is 0 Å². The first-order valence-electron chi connectivity index (χ1n) is 7.43. The Bertz CT molecular complexity index is 716. The summed E-state index contributed by atoms with van der Waals surface area (Å²) in [6.07, 6.45) is 0. The molecular weight excluding hydrogens is 310 g/mol. The molecule has 126 valence electrons. The molecule has 2 aromatic carbocycles. The number of nitro groups is 1. The third kappa shape index (κ3) is 4.45. The Balaban J connectivity index is 1.89. The number of benzene rings is 2. The summed E-state index contributed by atoms with van der Waals surface area (Å²) in [6, 6.07) is 13.0. The summed E-state index contributed by atoms with van der Waals surface area (Å²) in [4.78, 5) is 22.4. The van der Waals surface area contributed by atoms with Crippen molar-refractivity contribution in [2.75, 3.05) is 19.0 Å². The van der Waals surface area contributed by atoms with Crippen molar-refractivity contribution >= 4 is 17.3 Å². The van der Waals surface area contributed by atoms with Crippen molar-refractivity contribution in [3.8, 4) is 5.75 Å². The zero-order valence-corrected chi connectivity index (χ0v) is 13.5. The number of carbonyl (C=O) groups is 1. The number of nitro benzene ring substituents is 1. The third-order valence-corrected chi connectivity index (χ3v) is 3.42. The van der Waals surface area contributed by atoms with Crippen LogP contribution in [0.3, 0.4) is 0 Å². The van der Waals surface area contributed by atoms with Gasteiger partial charge in [-0.15, -0.1) is 0 Å². The molecule has 0 aliphatic heterocycles. The summed E-state index contributed by atoms with van der Waals surface area (Å²) in [5, 5.41) is 16.6. The number of carbonyl (C=O) groups excluding carboxylic acids is 1. The summed E-state index contributed by atoms with van der Waals surface area (Å²) in [7, 11) is 1.52. The molecule has 1 amide bonds. The largest absolute Gasteiger partial charge is 0.496 e. The standard InChI is InChI=1S/C17H19N3O4/c1-12(11-18-13-7-9-14(10-8-13)20(22)23)19-17(21)15-5-3-4-6-16(15)24-2/h3-10,12,18H,11H2,1-2H3,(H,19,21)/t12-/m1/s1. The molecule has 7 heteroatoms. The lowest BCUT2D eigenvalue weighted by molar-refractivity contribution is -0.384. The number of non-ortho nitro benzene ring substituents is 1. The van der Waals surface area contributed by atoms with E-state index in [4.69, 9.17) is 4.74 Å². The van der Waals surface area contributed by atoms with Gasteiger partial charge in [0, 0.05) is 30.4 Å². The Morgan fingerprint density at radius 2 is 1.88 bits per heavy atom. The Hall–Kier alpha value is -3.09. The van der Waals surface area contributed by atoms with E-state index < -0.39 is 4.92 Å². The molecule has 0 fully saturated rings. The molecule has 0 aliphatic rings. The van der Waals surface area contributed by atoms with Crippen molar-refractivity contribution in [1.29, 1.82) is 0 Å². The molecule has 1 atom stereocenters. The van der Waals surface area contributed by atoms with Gasteiger partial charge < -0.3 is 15.4 Å². The molecule has 0 spiro atoms. The highest BCUT2D eigenvalue weighted by Gasteiger charge is 2.14. The fraction of sp³-hybridized carbons (Fsp3) is 0.235. The molecule has 0 saturated heterocycles. The van der Waals surface area contributed by atoms with Crippen LogP contribution in [0, 0.1) is 10.1 Å². The molecular formula is C17H19N3O4. The van der Waals surface area contributed by atoms with Crippen molar-refractivity contribution in [2.24, 2.45) is 0 Å². The molecule has 0 unspecified atom stereocenters. The molecule has 7 nitrogen and oxygen atoms in total. The SMILES string of the molecule is COc1ccccc1C(=O)N[C@H](C)CNc1ccc([N+](=O)[O-])cc1. The highest BCUT2D eigenvalue weighted by atomic mass is 16.6. The lowest BCUT2D eigenvalue weighted by Gasteiger charge is -2.16. The lowest BCUT2D eigenvalue weighted by atomic mass is 10.1. The molecule has 2 N–H and O–H groups in total. The topological polar surface area (TPSA) is 93.5 Å². The van der Waals surface area contributed by atoms with E-state index in [1.165, 1.54) is 19.2 Å². The zero-order valence-electron chi connectivity index (χ0n) is 13.5. The first kappa shape index (κ1) is 17.3. The molecule has 0 heterocycles. The van der Waals surface area contributed by atoms with Crippen molar-refractivity contribution < 1.29 is 14.5 Å². The quantitative estimate of drug-likeness (QED) is 0.602. The van der Waals surface area contributed by atoms with Gasteiger partial charge in [0.25, 0.3) is 11.6 Å². The molecule has 0 aliphatic carbocycles. The Labute approximate surface area is 139 Å². The van der Waals surface area contributed by atoms with Crippen LogP contribution in [0.4, 0.5) is 11.4 Å². The smallest absolute Gasteiger partial charge is 0.269 e. The van der Waals surface area contributed by atoms with Gasteiger partial charge in [0.2, 0.25) is 0 Å². The van der Waals surface area contributed by atoms with Gasteiger partial charge in [-0.3, -0.25) is 14.9 Å². The van der Waals surface area contributed by atoms with Crippen LogP contribution < -0.4 is 15.4 Å². The zero-order chi connectivity index (χ0) is 17.5. The van der Waals surface area contributed by atoms with Crippen LogP contribution in [0.1, 0.15) is 17.3 Å². The molecule has 0 aromatic heterocycles. The number of rotatable bonds is 7. The Morgan fingerprint density at radius 3 is 2.50 bits per heavy atom. The molecule has 0 radical (unpaired) electrons. The fourth-order valence-electron chi connectivity index (χ4n) is 2.16. The van der Waals surface area contributed by atoms with Crippen LogP contribution >= 0.6 is 0 Å². The number of hydrogen-bond acceptors (Lipinski definition) is 5. The van der Waals surface area contributed by atoms with Crippen LogP contribution in [-0.2, 0) is 0 Å². The number of amides is 1. The average Bonchev–Trinajstić information content (AvgIpc) is 2.60. The van der Waals surface area contributed by atoms with E-state index in [1.807, 2.05) is 6.92 Å². The number of para-hydroxylation sites is 1. The maximum atomic E-state index is 12.3. The summed E-state index contributed by atoms with van der Waals surface area (Å²) in [5.41, 5.74) is 1.26. The van der Waals surface area contributed by atoms with E-state index in [-0.39, 0.29) is 17.6 Å². The van der Waals surface area contributed by atoms with Crippen LogP contribution in [0.5, 0.6) is 5.75 Å². The molecule has 24 heavy (non-hydrogen) atoms. The highest BCUT2D eigenvalue weighted by molar-refractivity contribution is 5.97. The van der Waals surface area contributed by atoms with Gasteiger partial charge >= 0.3 is 0 Å². The number of hydrogen-bond donors (Lipinski definition) is 2. The van der Waals surface area contributed by atoms with Crippen molar-refractivity contribution in [1.82, 2.24) is 5.32 Å². The first-order valence-corrected chi connectivity index (χ1v) is 7.43.